The van der Waals surface area contributed by atoms with E-state index in [1.54, 1.807) is 12.1 Å². The van der Waals surface area contributed by atoms with E-state index in [1.165, 1.54) is 0 Å². The second kappa shape index (κ2) is 7.03. The molecule has 112 valence electrons. The van der Waals surface area contributed by atoms with Crippen LogP contribution in [-0.4, -0.2) is 6.54 Å². The van der Waals surface area contributed by atoms with Crippen LogP contribution in [0, 0.1) is 19.7 Å². The quantitative estimate of drug-likeness (QED) is 0.679. The van der Waals surface area contributed by atoms with E-state index >= 15 is 0 Å². The number of hydrogen-bond acceptors (Lipinski definition) is 1. The molecule has 1 N–H and O–H groups in total. The van der Waals surface area contributed by atoms with Gasteiger partial charge in [0, 0.05) is 8.95 Å². The summed E-state index contributed by atoms with van der Waals surface area (Å²) in [4.78, 5) is 0. The minimum Gasteiger partial charge on any atom is -0.306 e. The molecule has 0 saturated heterocycles. The summed E-state index contributed by atoms with van der Waals surface area (Å²) in [6.45, 7) is 6.84. The first-order valence-electron chi connectivity index (χ1n) is 6.89. The topological polar surface area (TPSA) is 12.0 Å². The third-order valence-electron chi connectivity index (χ3n) is 3.53. The van der Waals surface area contributed by atoms with Crippen LogP contribution in [0.5, 0.6) is 0 Å². The Balaban J connectivity index is 2.59. The van der Waals surface area contributed by atoms with Crippen molar-refractivity contribution in [3.63, 3.8) is 0 Å². The van der Waals surface area contributed by atoms with E-state index in [1.807, 2.05) is 26.0 Å². The molecule has 0 aliphatic heterocycles. The average molecular weight is 415 g/mol. The second-order valence-electron chi connectivity index (χ2n) is 5.11. The Labute approximate surface area is 142 Å². The molecule has 1 nitrogen and oxygen atoms in total. The molecule has 2 aromatic rings. The average Bonchev–Trinajstić information content (AvgIpc) is 2.37. The van der Waals surface area contributed by atoms with E-state index in [2.05, 4.69) is 50.2 Å². The van der Waals surface area contributed by atoms with Crippen molar-refractivity contribution in [2.24, 2.45) is 0 Å². The zero-order valence-corrected chi connectivity index (χ0v) is 15.5. The van der Waals surface area contributed by atoms with Crippen LogP contribution >= 0.6 is 31.9 Å². The summed E-state index contributed by atoms with van der Waals surface area (Å²) < 4.78 is 15.6. The van der Waals surface area contributed by atoms with Crippen LogP contribution in [0.2, 0.25) is 0 Å². The fourth-order valence-corrected chi connectivity index (χ4v) is 3.96. The maximum Gasteiger partial charge on any atom is 0.123 e. The van der Waals surface area contributed by atoms with Crippen molar-refractivity contribution in [1.29, 1.82) is 0 Å². The van der Waals surface area contributed by atoms with Gasteiger partial charge < -0.3 is 5.32 Å². The molecule has 21 heavy (non-hydrogen) atoms. The smallest absolute Gasteiger partial charge is 0.123 e. The molecule has 4 heteroatoms. The molecule has 0 aliphatic carbocycles. The number of benzene rings is 2. The fraction of sp³-hybridized carbons (Fsp3) is 0.294. The van der Waals surface area contributed by atoms with E-state index in [0.717, 1.165) is 37.7 Å². The number of hydrogen-bond donors (Lipinski definition) is 1. The second-order valence-corrected chi connectivity index (χ2v) is 6.88. The van der Waals surface area contributed by atoms with Gasteiger partial charge in [-0.25, -0.2) is 4.39 Å². The highest BCUT2D eigenvalue weighted by atomic mass is 79.9. The molecule has 0 saturated carbocycles. The highest BCUT2D eigenvalue weighted by Crippen LogP contribution is 2.34. The van der Waals surface area contributed by atoms with E-state index < -0.39 is 0 Å². The predicted molar refractivity (Wildman–Crippen MR) is 93.2 cm³/mol. The molecule has 1 unspecified atom stereocenters. The van der Waals surface area contributed by atoms with Gasteiger partial charge in [-0.05, 0) is 66.9 Å². The van der Waals surface area contributed by atoms with Crippen molar-refractivity contribution in [2.45, 2.75) is 26.8 Å². The molecule has 0 fully saturated rings. The SMILES string of the molecule is CCNC(c1ccc(Br)cc1Br)c1c(C)cc(F)cc1C. The monoisotopic (exact) mass is 413 g/mol. The van der Waals surface area contributed by atoms with Crippen LogP contribution in [0.1, 0.15) is 35.2 Å². The Hall–Kier alpha value is -0.710. The lowest BCUT2D eigenvalue weighted by Gasteiger charge is -2.24. The molecule has 0 radical (unpaired) electrons. The van der Waals surface area contributed by atoms with Gasteiger partial charge in [0.2, 0.25) is 0 Å². The van der Waals surface area contributed by atoms with Gasteiger partial charge in [0.25, 0.3) is 0 Å². The van der Waals surface area contributed by atoms with Gasteiger partial charge in [-0.15, -0.1) is 0 Å². The molecule has 0 aromatic heterocycles. The van der Waals surface area contributed by atoms with Gasteiger partial charge in [-0.1, -0.05) is 44.8 Å². The summed E-state index contributed by atoms with van der Waals surface area (Å²) in [5.41, 5.74) is 4.22. The van der Waals surface area contributed by atoms with Crippen LogP contribution < -0.4 is 5.32 Å². The summed E-state index contributed by atoms with van der Waals surface area (Å²) in [5.74, 6) is -0.182. The molecule has 0 aliphatic rings. The first-order valence-corrected chi connectivity index (χ1v) is 8.47. The van der Waals surface area contributed by atoms with Crippen molar-refractivity contribution in [3.05, 3.63) is 67.3 Å². The standard InChI is InChI=1S/C17H18Br2FN/c1-4-21-17(14-6-5-12(18)9-15(14)19)16-10(2)7-13(20)8-11(16)3/h5-9,17,21H,4H2,1-3H3. The minimum atomic E-state index is -0.182. The van der Waals surface area contributed by atoms with E-state index in [9.17, 15) is 4.39 Å². The van der Waals surface area contributed by atoms with Crippen molar-refractivity contribution in [2.75, 3.05) is 6.54 Å². The molecule has 0 heterocycles. The van der Waals surface area contributed by atoms with Gasteiger partial charge >= 0.3 is 0 Å². The van der Waals surface area contributed by atoms with Crippen LogP contribution in [0.15, 0.2) is 39.3 Å². The Morgan fingerprint density at radius 1 is 1.10 bits per heavy atom. The summed E-state index contributed by atoms with van der Waals surface area (Å²) in [6.07, 6.45) is 0. The minimum absolute atomic E-state index is 0.0399. The lowest BCUT2D eigenvalue weighted by atomic mass is 9.91. The largest absolute Gasteiger partial charge is 0.306 e. The molecule has 2 aromatic carbocycles. The summed E-state index contributed by atoms with van der Waals surface area (Å²) in [6, 6.07) is 9.38. The molecule has 1 atom stereocenters. The Morgan fingerprint density at radius 3 is 2.24 bits per heavy atom. The normalized spacial score (nSPS) is 12.5. The lowest BCUT2D eigenvalue weighted by molar-refractivity contribution is 0.605. The van der Waals surface area contributed by atoms with Crippen molar-refractivity contribution in [1.82, 2.24) is 5.32 Å². The number of nitrogens with one attached hydrogen (secondary N) is 1. The Morgan fingerprint density at radius 2 is 1.71 bits per heavy atom. The highest BCUT2D eigenvalue weighted by Gasteiger charge is 2.20. The van der Waals surface area contributed by atoms with Crippen molar-refractivity contribution < 1.29 is 4.39 Å². The molecule has 0 bridgehead atoms. The zero-order valence-electron chi connectivity index (χ0n) is 12.3. The van der Waals surface area contributed by atoms with Gasteiger partial charge in [0.05, 0.1) is 6.04 Å². The highest BCUT2D eigenvalue weighted by molar-refractivity contribution is 9.11. The lowest BCUT2D eigenvalue weighted by Crippen LogP contribution is -2.24. The maximum absolute atomic E-state index is 13.6. The molecule has 0 spiro atoms. The zero-order chi connectivity index (χ0) is 15.6. The van der Waals surface area contributed by atoms with Crippen molar-refractivity contribution in [3.8, 4) is 0 Å². The maximum atomic E-state index is 13.6. The van der Waals surface area contributed by atoms with E-state index in [-0.39, 0.29) is 11.9 Å². The molecular formula is C17H18Br2FN. The summed E-state index contributed by atoms with van der Waals surface area (Å²) in [5, 5.41) is 3.51. The number of halogens is 3. The Bertz CT molecular complexity index is 632. The summed E-state index contributed by atoms with van der Waals surface area (Å²) in [7, 11) is 0. The van der Waals surface area contributed by atoms with Gasteiger partial charge in [0.15, 0.2) is 0 Å². The third kappa shape index (κ3) is 3.74. The van der Waals surface area contributed by atoms with Crippen LogP contribution in [-0.2, 0) is 0 Å². The van der Waals surface area contributed by atoms with Crippen LogP contribution in [0.25, 0.3) is 0 Å². The van der Waals surface area contributed by atoms with Crippen LogP contribution in [0.4, 0.5) is 4.39 Å². The predicted octanol–water partition coefficient (Wildman–Crippen LogP) is 5.67. The molecule has 2 rings (SSSR count). The van der Waals surface area contributed by atoms with Crippen LogP contribution in [0.3, 0.4) is 0 Å². The number of rotatable bonds is 4. The summed E-state index contributed by atoms with van der Waals surface area (Å²) >= 11 is 7.11. The number of aryl methyl sites for hydroxylation is 2. The third-order valence-corrected chi connectivity index (χ3v) is 4.71. The molecule has 0 amide bonds. The molecular weight excluding hydrogens is 397 g/mol. The first-order chi connectivity index (χ1) is 9.93. The fourth-order valence-electron chi connectivity index (χ4n) is 2.68. The van der Waals surface area contributed by atoms with E-state index in [4.69, 9.17) is 0 Å². The first kappa shape index (κ1) is 16.7. The van der Waals surface area contributed by atoms with E-state index in [0.29, 0.717) is 0 Å². The van der Waals surface area contributed by atoms with Gasteiger partial charge in [-0.3, -0.25) is 0 Å². The van der Waals surface area contributed by atoms with Gasteiger partial charge in [0.1, 0.15) is 5.82 Å². The van der Waals surface area contributed by atoms with Crippen molar-refractivity contribution >= 4 is 31.9 Å². The van der Waals surface area contributed by atoms with Gasteiger partial charge in [-0.2, -0.15) is 0 Å². The Kier molecular flexibility index (Phi) is 5.58.